The molecule has 0 radical (unpaired) electrons. The molecule has 96 valence electrons. The summed E-state index contributed by atoms with van der Waals surface area (Å²) in [5, 5.41) is 19.1. The quantitative estimate of drug-likeness (QED) is 0.878. The van der Waals surface area contributed by atoms with Gasteiger partial charge in [0, 0.05) is 6.04 Å². The van der Waals surface area contributed by atoms with E-state index in [2.05, 4.69) is 25.9 Å². The van der Waals surface area contributed by atoms with Crippen LogP contribution in [0.1, 0.15) is 44.9 Å². The van der Waals surface area contributed by atoms with Crippen molar-refractivity contribution in [1.82, 2.24) is 25.3 Å². The predicted molar refractivity (Wildman–Crippen MR) is 68.3 cm³/mol. The molecule has 1 aliphatic carbocycles. The topological polar surface area (TPSA) is 68.0 Å². The molecule has 2 aromatic rings. The summed E-state index contributed by atoms with van der Waals surface area (Å²) in [5.74, 6) is 0.861. The van der Waals surface area contributed by atoms with Gasteiger partial charge in [0.25, 0.3) is 0 Å². The summed E-state index contributed by atoms with van der Waals surface area (Å²) < 4.78 is 1.46. The molecule has 1 N–H and O–H groups in total. The van der Waals surface area contributed by atoms with Crippen molar-refractivity contribution >= 4 is 11.5 Å². The number of anilines is 1. The van der Waals surface area contributed by atoms with Gasteiger partial charge in [-0.15, -0.1) is 14.8 Å². The van der Waals surface area contributed by atoms with Crippen LogP contribution >= 0.6 is 0 Å². The number of rotatable bonds is 2. The first-order chi connectivity index (χ1) is 8.92. The SMILES string of the molecule is c1cc2nnnn2nc1NC1CCCCCCC1. The van der Waals surface area contributed by atoms with E-state index in [0.717, 1.165) is 5.82 Å². The third-order valence-electron chi connectivity index (χ3n) is 3.53. The minimum Gasteiger partial charge on any atom is -0.366 e. The standard InChI is InChI=1S/C12H18N6/c1-2-4-6-10(7-5-3-1)13-11-8-9-12-14-16-17-18(12)15-11/h8-10H,1-7H2,(H,13,15). The maximum atomic E-state index is 4.35. The summed E-state index contributed by atoms with van der Waals surface area (Å²) in [4.78, 5) is 0. The lowest BCUT2D eigenvalue weighted by Crippen LogP contribution is -2.21. The fraction of sp³-hybridized carbons (Fsp3) is 0.667. The van der Waals surface area contributed by atoms with Gasteiger partial charge in [-0.1, -0.05) is 32.1 Å². The van der Waals surface area contributed by atoms with Crippen LogP contribution in [0.4, 0.5) is 5.82 Å². The third-order valence-corrected chi connectivity index (χ3v) is 3.53. The maximum absolute atomic E-state index is 4.35. The smallest absolute Gasteiger partial charge is 0.200 e. The highest BCUT2D eigenvalue weighted by molar-refractivity contribution is 5.42. The molecule has 6 heteroatoms. The lowest BCUT2D eigenvalue weighted by Gasteiger charge is -2.21. The number of hydrogen-bond donors (Lipinski definition) is 1. The molecule has 1 fully saturated rings. The van der Waals surface area contributed by atoms with E-state index in [1.165, 1.54) is 49.6 Å². The zero-order valence-electron chi connectivity index (χ0n) is 10.4. The molecule has 1 saturated carbocycles. The number of aromatic nitrogens is 5. The van der Waals surface area contributed by atoms with Crippen LogP contribution in [0.5, 0.6) is 0 Å². The van der Waals surface area contributed by atoms with Crippen molar-refractivity contribution in [1.29, 1.82) is 0 Å². The number of nitrogens with zero attached hydrogens (tertiary/aromatic N) is 5. The minimum absolute atomic E-state index is 0.534. The van der Waals surface area contributed by atoms with Crippen LogP contribution in [0.2, 0.25) is 0 Å². The first-order valence-corrected chi connectivity index (χ1v) is 6.74. The molecule has 2 aromatic heterocycles. The molecule has 0 aromatic carbocycles. The molecule has 0 saturated heterocycles. The van der Waals surface area contributed by atoms with Gasteiger partial charge in [0.15, 0.2) is 5.65 Å². The highest BCUT2D eigenvalue weighted by Gasteiger charge is 2.12. The Kier molecular flexibility index (Phi) is 3.34. The van der Waals surface area contributed by atoms with Crippen molar-refractivity contribution in [3.63, 3.8) is 0 Å². The maximum Gasteiger partial charge on any atom is 0.200 e. The summed E-state index contributed by atoms with van der Waals surface area (Å²) in [7, 11) is 0. The van der Waals surface area contributed by atoms with Gasteiger partial charge in [-0.3, -0.25) is 0 Å². The van der Waals surface area contributed by atoms with E-state index >= 15 is 0 Å². The summed E-state index contributed by atoms with van der Waals surface area (Å²) in [5.41, 5.74) is 0.679. The van der Waals surface area contributed by atoms with E-state index < -0.39 is 0 Å². The Morgan fingerprint density at radius 3 is 2.67 bits per heavy atom. The van der Waals surface area contributed by atoms with Gasteiger partial charge >= 0.3 is 0 Å². The molecule has 0 aliphatic heterocycles. The summed E-state index contributed by atoms with van der Waals surface area (Å²) in [6, 6.07) is 4.37. The van der Waals surface area contributed by atoms with E-state index in [-0.39, 0.29) is 0 Å². The summed E-state index contributed by atoms with van der Waals surface area (Å²) in [6.45, 7) is 0. The van der Waals surface area contributed by atoms with Gasteiger partial charge in [0.1, 0.15) is 5.82 Å². The van der Waals surface area contributed by atoms with Crippen LogP contribution in [0.3, 0.4) is 0 Å². The molecule has 0 amide bonds. The van der Waals surface area contributed by atoms with E-state index in [1.54, 1.807) is 0 Å². The van der Waals surface area contributed by atoms with Crippen LogP contribution in [-0.4, -0.2) is 31.3 Å². The molecular formula is C12H18N6. The average Bonchev–Trinajstić information content (AvgIpc) is 2.79. The van der Waals surface area contributed by atoms with Gasteiger partial charge < -0.3 is 5.32 Å². The van der Waals surface area contributed by atoms with Crippen LogP contribution in [0, 0.1) is 0 Å². The molecule has 2 heterocycles. The third kappa shape index (κ3) is 2.57. The molecular weight excluding hydrogens is 228 g/mol. The van der Waals surface area contributed by atoms with E-state index in [0.29, 0.717) is 11.7 Å². The van der Waals surface area contributed by atoms with E-state index in [9.17, 15) is 0 Å². The van der Waals surface area contributed by atoms with Crippen molar-refractivity contribution in [2.75, 3.05) is 5.32 Å². The summed E-state index contributed by atoms with van der Waals surface area (Å²) >= 11 is 0. The lowest BCUT2D eigenvalue weighted by atomic mass is 9.97. The monoisotopic (exact) mass is 246 g/mol. The highest BCUT2D eigenvalue weighted by Crippen LogP contribution is 2.19. The molecule has 3 rings (SSSR count). The van der Waals surface area contributed by atoms with Gasteiger partial charge in [-0.25, -0.2) is 0 Å². The minimum atomic E-state index is 0.534. The van der Waals surface area contributed by atoms with Crippen molar-refractivity contribution in [3.05, 3.63) is 12.1 Å². The van der Waals surface area contributed by atoms with Crippen molar-refractivity contribution < 1.29 is 0 Å². The zero-order chi connectivity index (χ0) is 12.2. The first kappa shape index (κ1) is 11.4. The Morgan fingerprint density at radius 2 is 1.83 bits per heavy atom. The molecule has 0 spiro atoms. The van der Waals surface area contributed by atoms with Crippen LogP contribution in [-0.2, 0) is 0 Å². The molecule has 0 atom stereocenters. The molecule has 0 bridgehead atoms. The number of tetrazole rings is 1. The fourth-order valence-corrected chi connectivity index (χ4v) is 2.54. The molecule has 1 aliphatic rings. The van der Waals surface area contributed by atoms with Gasteiger partial charge in [-0.2, -0.15) is 0 Å². The largest absolute Gasteiger partial charge is 0.366 e. The van der Waals surface area contributed by atoms with Crippen LogP contribution in [0.15, 0.2) is 12.1 Å². The average molecular weight is 246 g/mol. The summed E-state index contributed by atoms with van der Waals surface area (Å²) in [6.07, 6.45) is 9.19. The Bertz CT molecular complexity index is 500. The molecule has 0 unspecified atom stereocenters. The second-order valence-corrected chi connectivity index (χ2v) is 4.93. The van der Waals surface area contributed by atoms with Crippen molar-refractivity contribution in [2.45, 2.75) is 51.0 Å². The Labute approximate surface area is 106 Å². The normalized spacial score (nSPS) is 18.4. The van der Waals surface area contributed by atoms with Crippen molar-refractivity contribution in [3.8, 4) is 0 Å². The van der Waals surface area contributed by atoms with Gasteiger partial charge in [0.2, 0.25) is 0 Å². The first-order valence-electron chi connectivity index (χ1n) is 6.74. The Hall–Kier alpha value is -1.72. The van der Waals surface area contributed by atoms with Crippen LogP contribution < -0.4 is 5.32 Å². The van der Waals surface area contributed by atoms with E-state index in [1.807, 2.05) is 12.1 Å². The molecule has 18 heavy (non-hydrogen) atoms. The zero-order valence-corrected chi connectivity index (χ0v) is 10.4. The van der Waals surface area contributed by atoms with Crippen LogP contribution in [0.25, 0.3) is 5.65 Å². The molecule has 6 nitrogen and oxygen atoms in total. The lowest BCUT2D eigenvalue weighted by molar-refractivity contribution is 0.470. The number of fused-ring (bicyclic) bond motifs is 1. The Morgan fingerprint density at radius 1 is 1.06 bits per heavy atom. The van der Waals surface area contributed by atoms with E-state index in [4.69, 9.17) is 0 Å². The number of nitrogens with one attached hydrogen (secondary N) is 1. The second kappa shape index (κ2) is 5.29. The van der Waals surface area contributed by atoms with Gasteiger partial charge in [-0.05, 0) is 35.4 Å². The van der Waals surface area contributed by atoms with Gasteiger partial charge in [0.05, 0.1) is 0 Å². The number of hydrogen-bond acceptors (Lipinski definition) is 5. The fourth-order valence-electron chi connectivity index (χ4n) is 2.54. The van der Waals surface area contributed by atoms with Crippen molar-refractivity contribution in [2.24, 2.45) is 0 Å². The Balaban J connectivity index is 1.69. The highest BCUT2D eigenvalue weighted by atomic mass is 15.6. The predicted octanol–water partition coefficient (Wildman–Crippen LogP) is 2.04. The second-order valence-electron chi connectivity index (χ2n) is 4.93.